The standard InChI is InChI=1S/C39H44O15/c1-24(2)28-7-13-31(14-8-28)34(40)49-52-37(43)46-21-19-27(23-48-39(45)54-51-36(42)33-17-11-30(12-18-33)26(5)6)20-22-47-38(44)53-50-35(41)32-15-9-29(10-16-32)25(3)4/h7-18,24-27H,19-23H2,1-6H3. The van der Waals surface area contributed by atoms with Gasteiger partial charge in [0.25, 0.3) is 0 Å². The van der Waals surface area contributed by atoms with Gasteiger partial charge in [-0.25, -0.2) is 43.7 Å². The van der Waals surface area contributed by atoms with Gasteiger partial charge in [0.2, 0.25) is 0 Å². The molecule has 3 aromatic carbocycles. The Hall–Kier alpha value is -6.12. The van der Waals surface area contributed by atoms with E-state index in [1.165, 1.54) is 36.4 Å². The van der Waals surface area contributed by atoms with Gasteiger partial charge in [0.05, 0.1) is 36.5 Å². The van der Waals surface area contributed by atoms with Crippen molar-refractivity contribution < 1.29 is 72.3 Å². The summed E-state index contributed by atoms with van der Waals surface area (Å²) < 4.78 is 14.9. The minimum absolute atomic E-state index is 0.00867. The molecule has 3 rings (SSSR count). The van der Waals surface area contributed by atoms with Gasteiger partial charge in [-0.15, -0.1) is 0 Å². The van der Waals surface area contributed by atoms with Crippen molar-refractivity contribution in [2.45, 2.75) is 72.1 Å². The van der Waals surface area contributed by atoms with Crippen molar-refractivity contribution in [2.24, 2.45) is 5.92 Å². The molecule has 0 heterocycles. The molecule has 0 N–H and O–H groups in total. The van der Waals surface area contributed by atoms with Gasteiger partial charge in [0.1, 0.15) is 0 Å². The Morgan fingerprint density at radius 2 is 0.685 bits per heavy atom. The van der Waals surface area contributed by atoms with E-state index in [1.807, 2.05) is 41.5 Å². The lowest BCUT2D eigenvalue weighted by Gasteiger charge is -2.16. The highest BCUT2D eigenvalue weighted by molar-refractivity contribution is 5.90. The zero-order valence-electron chi connectivity index (χ0n) is 30.9. The van der Waals surface area contributed by atoms with Crippen LogP contribution < -0.4 is 0 Å². The summed E-state index contributed by atoms with van der Waals surface area (Å²) in [6.07, 6.45) is -3.98. The van der Waals surface area contributed by atoms with Gasteiger partial charge in [-0.05, 0) is 89.6 Å². The normalized spacial score (nSPS) is 10.8. The molecule has 0 unspecified atom stereocenters. The number of rotatable bonds is 14. The Labute approximate surface area is 312 Å². The number of hydrogen-bond donors (Lipinski definition) is 0. The molecule has 0 spiro atoms. The third-order valence-electron chi connectivity index (χ3n) is 7.92. The predicted octanol–water partition coefficient (Wildman–Crippen LogP) is 8.53. The molecule has 0 aliphatic heterocycles. The zero-order valence-corrected chi connectivity index (χ0v) is 30.9. The molecule has 0 fully saturated rings. The van der Waals surface area contributed by atoms with Crippen molar-refractivity contribution in [3.63, 3.8) is 0 Å². The molecule has 0 radical (unpaired) electrons. The van der Waals surface area contributed by atoms with Crippen LogP contribution in [0.3, 0.4) is 0 Å². The maximum atomic E-state index is 12.3. The maximum Gasteiger partial charge on any atom is 0.549 e. The fourth-order valence-corrected chi connectivity index (χ4v) is 4.56. The molecule has 15 heteroatoms. The van der Waals surface area contributed by atoms with E-state index >= 15 is 0 Å². The van der Waals surface area contributed by atoms with E-state index in [1.54, 1.807) is 36.4 Å². The Bertz CT molecular complexity index is 1610. The van der Waals surface area contributed by atoms with Crippen LogP contribution in [0, 0.1) is 5.92 Å². The highest BCUT2D eigenvalue weighted by atomic mass is 17.2. The van der Waals surface area contributed by atoms with Crippen LogP contribution in [0.5, 0.6) is 0 Å². The van der Waals surface area contributed by atoms with Crippen LogP contribution >= 0.6 is 0 Å². The first-order valence-electron chi connectivity index (χ1n) is 17.2. The van der Waals surface area contributed by atoms with Crippen LogP contribution in [0.2, 0.25) is 0 Å². The molecule has 0 aliphatic rings. The topological polar surface area (TPSA) is 185 Å². The van der Waals surface area contributed by atoms with Crippen molar-refractivity contribution in [2.75, 3.05) is 19.8 Å². The van der Waals surface area contributed by atoms with Crippen LogP contribution in [-0.2, 0) is 43.5 Å². The summed E-state index contributed by atoms with van der Waals surface area (Å²) in [5.74, 6) is -2.67. The van der Waals surface area contributed by atoms with Crippen LogP contribution in [0.25, 0.3) is 0 Å². The SMILES string of the molecule is CC(C)c1ccc(C(=O)OOC(=O)OCCC(CCOC(=O)OOC(=O)c2ccc(C(C)C)cc2)COC(=O)OOC(=O)c2ccc(C(C)C)cc2)cc1. The highest BCUT2D eigenvalue weighted by Gasteiger charge is 2.21. The minimum atomic E-state index is -1.35. The lowest BCUT2D eigenvalue weighted by atomic mass is 10.0. The molecule has 0 saturated heterocycles. The van der Waals surface area contributed by atoms with Crippen LogP contribution in [-0.4, -0.2) is 56.2 Å². The fraction of sp³-hybridized carbons (Fsp3) is 0.385. The lowest BCUT2D eigenvalue weighted by Crippen LogP contribution is -2.21. The highest BCUT2D eigenvalue weighted by Crippen LogP contribution is 2.18. The van der Waals surface area contributed by atoms with Crippen molar-refractivity contribution in [1.82, 2.24) is 0 Å². The summed E-state index contributed by atoms with van der Waals surface area (Å²) in [4.78, 5) is 100. The third kappa shape index (κ3) is 14.5. The Kier molecular flexibility index (Phi) is 16.8. The van der Waals surface area contributed by atoms with E-state index in [4.69, 9.17) is 14.2 Å². The van der Waals surface area contributed by atoms with E-state index in [0.29, 0.717) is 0 Å². The number of benzene rings is 3. The van der Waals surface area contributed by atoms with Gasteiger partial charge >= 0.3 is 36.4 Å². The maximum absolute atomic E-state index is 12.3. The van der Waals surface area contributed by atoms with Gasteiger partial charge in [-0.1, -0.05) is 77.9 Å². The smallest absolute Gasteiger partial charge is 0.432 e. The largest absolute Gasteiger partial charge is 0.549 e. The first kappa shape index (κ1) is 42.3. The van der Waals surface area contributed by atoms with E-state index in [9.17, 15) is 28.8 Å². The lowest BCUT2D eigenvalue weighted by molar-refractivity contribution is -0.206. The fourth-order valence-electron chi connectivity index (χ4n) is 4.56. The Morgan fingerprint density at radius 3 is 0.963 bits per heavy atom. The first-order chi connectivity index (χ1) is 25.7. The van der Waals surface area contributed by atoms with Crippen molar-refractivity contribution in [3.8, 4) is 0 Å². The van der Waals surface area contributed by atoms with Gasteiger partial charge in [0, 0.05) is 0 Å². The second-order valence-electron chi connectivity index (χ2n) is 12.9. The second-order valence-corrected chi connectivity index (χ2v) is 12.9. The molecule has 0 bridgehead atoms. The van der Waals surface area contributed by atoms with Gasteiger partial charge < -0.3 is 14.2 Å². The van der Waals surface area contributed by atoms with Crippen LogP contribution in [0.15, 0.2) is 72.8 Å². The molecule has 15 nitrogen and oxygen atoms in total. The summed E-state index contributed by atoms with van der Waals surface area (Å²) in [7, 11) is 0. The quantitative estimate of drug-likeness (QED) is 0.0659. The molecule has 0 amide bonds. The summed E-state index contributed by atoms with van der Waals surface area (Å²) in [5.41, 5.74) is 3.44. The molecular weight excluding hydrogens is 708 g/mol. The number of carbonyl (C=O) groups excluding carboxylic acids is 6. The number of ether oxygens (including phenoxy) is 3. The average molecular weight is 753 g/mol. The Balaban J connectivity index is 1.47. The minimum Gasteiger partial charge on any atom is -0.432 e. The van der Waals surface area contributed by atoms with Crippen molar-refractivity contribution in [1.29, 1.82) is 0 Å². The first-order valence-corrected chi connectivity index (χ1v) is 17.2. The van der Waals surface area contributed by atoms with Gasteiger partial charge in [-0.2, -0.15) is 14.4 Å². The molecule has 54 heavy (non-hydrogen) atoms. The molecule has 0 atom stereocenters. The van der Waals surface area contributed by atoms with Crippen molar-refractivity contribution in [3.05, 3.63) is 106 Å². The van der Waals surface area contributed by atoms with Gasteiger partial charge in [0.15, 0.2) is 0 Å². The summed E-state index contributed by atoms with van der Waals surface area (Å²) in [6, 6.07) is 19.6. The zero-order chi connectivity index (χ0) is 39.6. The second kappa shape index (κ2) is 21.4. The number of hydrogen-bond acceptors (Lipinski definition) is 15. The van der Waals surface area contributed by atoms with E-state index in [-0.39, 0.29) is 67.1 Å². The molecule has 290 valence electrons. The molecular formula is C39H44O15. The summed E-state index contributed by atoms with van der Waals surface area (Å²) in [6.45, 7) is 11.0. The van der Waals surface area contributed by atoms with E-state index in [0.717, 1.165) is 16.7 Å². The van der Waals surface area contributed by atoms with E-state index < -0.39 is 42.3 Å². The predicted molar refractivity (Wildman–Crippen MR) is 188 cm³/mol. The monoisotopic (exact) mass is 752 g/mol. The molecule has 0 saturated carbocycles. The number of carbonyl (C=O) groups is 6. The van der Waals surface area contributed by atoms with Crippen LogP contribution in [0.1, 0.15) is 120 Å². The van der Waals surface area contributed by atoms with Crippen molar-refractivity contribution >= 4 is 36.4 Å². The van der Waals surface area contributed by atoms with Gasteiger partial charge in [-0.3, -0.25) is 0 Å². The molecule has 3 aromatic rings. The average Bonchev–Trinajstić information content (AvgIpc) is 3.16. The third-order valence-corrected chi connectivity index (χ3v) is 7.92. The molecule has 0 aromatic heterocycles. The Morgan fingerprint density at radius 1 is 0.407 bits per heavy atom. The van der Waals surface area contributed by atoms with Crippen LogP contribution in [0.4, 0.5) is 14.4 Å². The summed E-state index contributed by atoms with van der Waals surface area (Å²) in [5, 5.41) is 0. The van der Waals surface area contributed by atoms with E-state index in [2.05, 4.69) is 29.3 Å². The summed E-state index contributed by atoms with van der Waals surface area (Å²) >= 11 is 0. The molecule has 0 aliphatic carbocycles.